The van der Waals surface area contributed by atoms with Gasteiger partial charge in [-0.15, -0.1) is 11.3 Å². The number of amides is 1. The number of hydrogen-bond acceptors (Lipinski definition) is 4. The van der Waals surface area contributed by atoms with Crippen LogP contribution < -0.4 is 5.73 Å². The molecule has 0 aromatic carbocycles. The number of carbonyl (C=O) groups is 1. The normalized spacial score (nSPS) is 10.3. The van der Waals surface area contributed by atoms with Gasteiger partial charge in [0.25, 0.3) is 0 Å². The molecule has 0 bridgehead atoms. The van der Waals surface area contributed by atoms with Crippen LogP contribution in [0.1, 0.15) is 11.3 Å². The Labute approximate surface area is 117 Å². The van der Waals surface area contributed by atoms with Crippen LogP contribution >= 0.6 is 23.6 Å². The molecule has 2 N–H and O–H groups in total. The summed E-state index contributed by atoms with van der Waals surface area (Å²) in [5.41, 5.74) is 5.47. The number of carbonyl (C=O) groups excluding carboxylic acids is 1. The van der Waals surface area contributed by atoms with Crippen molar-refractivity contribution in [3.05, 3.63) is 22.4 Å². The number of ether oxygens (including phenoxy) is 1. The summed E-state index contributed by atoms with van der Waals surface area (Å²) in [7, 11) is 1.62. The van der Waals surface area contributed by atoms with Gasteiger partial charge < -0.3 is 15.4 Å². The Kier molecular flexibility index (Phi) is 6.85. The van der Waals surface area contributed by atoms with Crippen molar-refractivity contribution in [1.82, 2.24) is 4.90 Å². The fourth-order valence-corrected chi connectivity index (χ4v) is 2.27. The van der Waals surface area contributed by atoms with Crippen LogP contribution in [0.25, 0.3) is 0 Å². The third-order valence-electron chi connectivity index (χ3n) is 2.45. The first-order valence-corrected chi connectivity index (χ1v) is 6.99. The SMILES string of the molecule is COCCN(CCC(N)=S)C(=O)Cc1cccs1. The highest BCUT2D eigenvalue weighted by molar-refractivity contribution is 7.80. The molecule has 0 saturated carbocycles. The van der Waals surface area contributed by atoms with Crippen LogP contribution in [-0.2, 0) is 16.0 Å². The van der Waals surface area contributed by atoms with Gasteiger partial charge in [-0.05, 0) is 11.4 Å². The highest BCUT2D eigenvalue weighted by Gasteiger charge is 2.14. The van der Waals surface area contributed by atoms with E-state index in [0.29, 0.717) is 37.5 Å². The van der Waals surface area contributed by atoms with Crippen molar-refractivity contribution < 1.29 is 9.53 Å². The Balaban J connectivity index is 2.51. The van der Waals surface area contributed by atoms with E-state index >= 15 is 0 Å². The Bertz CT molecular complexity index is 379. The van der Waals surface area contributed by atoms with Gasteiger partial charge in [0.15, 0.2) is 0 Å². The largest absolute Gasteiger partial charge is 0.393 e. The summed E-state index contributed by atoms with van der Waals surface area (Å²) in [5, 5.41) is 1.97. The minimum Gasteiger partial charge on any atom is -0.393 e. The van der Waals surface area contributed by atoms with Crippen molar-refractivity contribution >= 4 is 34.5 Å². The molecule has 0 fully saturated rings. The Morgan fingerprint density at radius 1 is 1.56 bits per heavy atom. The van der Waals surface area contributed by atoms with E-state index in [1.54, 1.807) is 23.3 Å². The number of nitrogens with two attached hydrogens (primary N) is 1. The minimum atomic E-state index is 0.0887. The standard InChI is InChI=1S/C12H18N2O2S2/c1-16-7-6-14(5-4-11(13)17)12(15)9-10-3-2-8-18-10/h2-3,8H,4-7,9H2,1H3,(H2,13,17). The molecule has 100 valence electrons. The third kappa shape index (κ3) is 5.57. The molecule has 0 aliphatic carbocycles. The first kappa shape index (κ1) is 15.1. The van der Waals surface area contributed by atoms with Crippen molar-refractivity contribution in [2.75, 3.05) is 26.8 Å². The van der Waals surface area contributed by atoms with E-state index in [9.17, 15) is 4.79 Å². The molecule has 0 aliphatic rings. The van der Waals surface area contributed by atoms with Crippen molar-refractivity contribution in [2.45, 2.75) is 12.8 Å². The van der Waals surface area contributed by atoms with Gasteiger partial charge in [-0.3, -0.25) is 4.79 Å². The molecule has 1 aromatic rings. The second kappa shape index (κ2) is 8.18. The van der Waals surface area contributed by atoms with Gasteiger partial charge in [0, 0.05) is 31.5 Å². The van der Waals surface area contributed by atoms with Gasteiger partial charge in [0.2, 0.25) is 5.91 Å². The van der Waals surface area contributed by atoms with Crippen LogP contribution in [0.15, 0.2) is 17.5 Å². The lowest BCUT2D eigenvalue weighted by Gasteiger charge is -2.22. The van der Waals surface area contributed by atoms with Crippen molar-refractivity contribution in [1.29, 1.82) is 0 Å². The monoisotopic (exact) mass is 286 g/mol. The fourth-order valence-electron chi connectivity index (χ4n) is 1.48. The van der Waals surface area contributed by atoms with Crippen LogP contribution in [0.5, 0.6) is 0 Å². The lowest BCUT2D eigenvalue weighted by molar-refractivity contribution is -0.130. The second-order valence-corrected chi connectivity index (χ2v) is 5.40. The summed E-state index contributed by atoms with van der Waals surface area (Å²) >= 11 is 6.43. The number of thiophene rings is 1. The molecule has 0 unspecified atom stereocenters. The number of hydrogen-bond donors (Lipinski definition) is 1. The molecule has 0 radical (unpaired) electrons. The van der Waals surface area contributed by atoms with E-state index in [-0.39, 0.29) is 5.91 Å². The average molecular weight is 286 g/mol. The minimum absolute atomic E-state index is 0.0887. The van der Waals surface area contributed by atoms with E-state index < -0.39 is 0 Å². The zero-order valence-electron chi connectivity index (χ0n) is 10.4. The first-order valence-electron chi connectivity index (χ1n) is 5.71. The molecule has 1 heterocycles. The predicted octanol–water partition coefficient (Wildman–Crippen LogP) is 1.44. The van der Waals surface area contributed by atoms with Gasteiger partial charge in [0.05, 0.1) is 18.0 Å². The van der Waals surface area contributed by atoms with Gasteiger partial charge in [-0.1, -0.05) is 18.3 Å². The summed E-state index contributed by atoms with van der Waals surface area (Å²) in [5.74, 6) is 0.0887. The summed E-state index contributed by atoms with van der Waals surface area (Å²) in [6.45, 7) is 1.65. The van der Waals surface area contributed by atoms with Gasteiger partial charge in [0.1, 0.15) is 0 Å². The van der Waals surface area contributed by atoms with E-state index in [0.717, 1.165) is 4.88 Å². The molecule has 0 spiro atoms. The first-order chi connectivity index (χ1) is 8.63. The maximum atomic E-state index is 12.1. The van der Waals surface area contributed by atoms with Crippen molar-refractivity contribution in [3.63, 3.8) is 0 Å². The van der Waals surface area contributed by atoms with E-state index in [1.807, 2.05) is 17.5 Å². The van der Waals surface area contributed by atoms with Crippen LogP contribution in [-0.4, -0.2) is 42.6 Å². The molecular weight excluding hydrogens is 268 g/mol. The molecule has 18 heavy (non-hydrogen) atoms. The Morgan fingerprint density at radius 3 is 2.89 bits per heavy atom. The number of methoxy groups -OCH3 is 1. The molecule has 1 aromatic heterocycles. The second-order valence-electron chi connectivity index (χ2n) is 3.85. The number of rotatable bonds is 8. The number of nitrogens with zero attached hydrogens (tertiary/aromatic N) is 1. The zero-order chi connectivity index (χ0) is 13.4. The van der Waals surface area contributed by atoms with E-state index in [1.165, 1.54) is 0 Å². The highest BCUT2D eigenvalue weighted by Crippen LogP contribution is 2.10. The van der Waals surface area contributed by atoms with Crippen LogP contribution in [0.3, 0.4) is 0 Å². The molecule has 4 nitrogen and oxygen atoms in total. The molecule has 0 aliphatic heterocycles. The summed E-state index contributed by atoms with van der Waals surface area (Å²) in [6, 6.07) is 3.91. The smallest absolute Gasteiger partial charge is 0.227 e. The lowest BCUT2D eigenvalue weighted by atomic mass is 10.3. The molecule has 1 amide bonds. The van der Waals surface area contributed by atoms with Crippen LogP contribution in [0, 0.1) is 0 Å². The van der Waals surface area contributed by atoms with E-state index in [4.69, 9.17) is 22.7 Å². The van der Waals surface area contributed by atoms with Gasteiger partial charge >= 0.3 is 0 Å². The van der Waals surface area contributed by atoms with Crippen LogP contribution in [0.2, 0.25) is 0 Å². The quantitative estimate of drug-likeness (QED) is 0.735. The summed E-state index contributed by atoms with van der Waals surface area (Å²) in [4.78, 5) is 15.4. The molecule has 0 saturated heterocycles. The highest BCUT2D eigenvalue weighted by atomic mass is 32.1. The Hall–Kier alpha value is -0.980. The van der Waals surface area contributed by atoms with Crippen molar-refractivity contribution in [3.8, 4) is 0 Å². The maximum Gasteiger partial charge on any atom is 0.227 e. The molecule has 6 heteroatoms. The molecular formula is C12H18N2O2S2. The average Bonchev–Trinajstić information content (AvgIpc) is 2.81. The van der Waals surface area contributed by atoms with Crippen LogP contribution in [0.4, 0.5) is 0 Å². The van der Waals surface area contributed by atoms with Gasteiger partial charge in [-0.25, -0.2) is 0 Å². The zero-order valence-corrected chi connectivity index (χ0v) is 12.1. The van der Waals surface area contributed by atoms with E-state index in [2.05, 4.69) is 0 Å². The van der Waals surface area contributed by atoms with Crippen molar-refractivity contribution in [2.24, 2.45) is 5.73 Å². The summed E-state index contributed by atoms with van der Waals surface area (Å²) < 4.78 is 5.01. The number of thiocarbonyl (C=S) groups is 1. The maximum absolute atomic E-state index is 12.1. The molecule has 0 atom stereocenters. The fraction of sp³-hybridized carbons (Fsp3) is 0.500. The summed E-state index contributed by atoms with van der Waals surface area (Å²) in [6.07, 6.45) is 0.980. The van der Waals surface area contributed by atoms with Gasteiger partial charge in [-0.2, -0.15) is 0 Å². The Morgan fingerprint density at radius 2 is 2.33 bits per heavy atom. The molecule has 1 rings (SSSR count). The topological polar surface area (TPSA) is 55.6 Å². The lowest BCUT2D eigenvalue weighted by Crippen LogP contribution is -2.37. The predicted molar refractivity (Wildman–Crippen MR) is 77.9 cm³/mol. The third-order valence-corrected chi connectivity index (χ3v) is 3.53.